The summed E-state index contributed by atoms with van der Waals surface area (Å²) in [5.41, 5.74) is 0.977. The highest BCUT2D eigenvalue weighted by Gasteiger charge is 2.35. The Bertz CT molecular complexity index is 431. The van der Waals surface area contributed by atoms with Crippen molar-refractivity contribution in [1.29, 1.82) is 0 Å². The van der Waals surface area contributed by atoms with Crippen LogP contribution in [0.3, 0.4) is 0 Å². The maximum absolute atomic E-state index is 13.9. The van der Waals surface area contributed by atoms with E-state index in [4.69, 9.17) is 0 Å². The van der Waals surface area contributed by atoms with Crippen LogP contribution in [0.4, 0.5) is 10.1 Å². The summed E-state index contributed by atoms with van der Waals surface area (Å²) in [5.74, 6) is 0.643. The molecule has 112 valence electrons. The fraction of sp³-hybridized carbons (Fsp3) is 0.647. The fourth-order valence-electron chi connectivity index (χ4n) is 3.85. The number of nitrogens with one attached hydrogen (secondary N) is 1. The molecule has 3 heteroatoms. The van der Waals surface area contributed by atoms with Gasteiger partial charge in [-0.15, -0.1) is 0 Å². The second-order valence-electron chi connectivity index (χ2n) is 6.54. The zero-order valence-electron chi connectivity index (χ0n) is 13.0. The van der Waals surface area contributed by atoms with Gasteiger partial charge in [-0.2, -0.15) is 0 Å². The Balaban J connectivity index is 2.13. The van der Waals surface area contributed by atoms with Gasteiger partial charge in [0.25, 0.3) is 0 Å². The molecule has 1 aliphatic carbocycles. The second-order valence-corrected chi connectivity index (χ2v) is 6.54. The van der Waals surface area contributed by atoms with Gasteiger partial charge in [0.1, 0.15) is 5.82 Å². The molecule has 0 amide bonds. The number of benzene rings is 1. The number of nitrogens with zero attached hydrogens (tertiary/aromatic N) is 1. The summed E-state index contributed by atoms with van der Waals surface area (Å²) in [6.45, 7) is 4.27. The fourth-order valence-corrected chi connectivity index (χ4v) is 3.85. The number of rotatable bonds is 5. The second kappa shape index (κ2) is 6.57. The van der Waals surface area contributed by atoms with Crippen LogP contribution in [0.25, 0.3) is 0 Å². The molecule has 0 spiro atoms. The molecule has 2 unspecified atom stereocenters. The first-order valence-corrected chi connectivity index (χ1v) is 7.66. The van der Waals surface area contributed by atoms with E-state index in [2.05, 4.69) is 17.1 Å². The largest absolute Gasteiger partial charge is 0.372 e. The van der Waals surface area contributed by atoms with Crippen molar-refractivity contribution < 1.29 is 4.39 Å². The molecule has 1 aromatic rings. The van der Waals surface area contributed by atoms with Gasteiger partial charge in [0, 0.05) is 25.6 Å². The Kier molecular flexibility index (Phi) is 5.03. The Morgan fingerprint density at radius 2 is 2.15 bits per heavy atom. The van der Waals surface area contributed by atoms with Gasteiger partial charge in [-0.05, 0) is 37.9 Å². The van der Waals surface area contributed by atoms with Gasteiger partial charge >= 0.3 is 0 Å². The number of hydrogen-bond donors (Lipinski definition) is 1. The summed E-state index contributed by atoms with van der Waals surface area (Å²) in [6.07, 6.45) is 5.08. The third-order valence-electron chi connectivity index (χ3n) is 4.57. The van der Waals surface area contributed by atoms with Crippen molar-refractivity contribution in [3.8, 4) is 0 Å². The number of para-hydroxylation sites is 1. The Morgan fingerprint density at radius 1 is 1.40 bits per heavy atom. The molecule has 0 radical (unpaired) electrons. The van der Waals surface area contributed by atoms with Crippen molar-refractivity contribution in [3.63, 3.8) is 0 Å². The highest BCUT2D eigenvalue weighted by atomic mass is 19.1. The Labute approximate surface area is 122 Å². The molecule has 1 N–H and O–H groups in total. The summed E-state index contributed by atoms with van der Waals surface area (Å²) in [7, 11) is 4.03. The molecule has 0 saturated heterocycles. The summed E-state index contributed by atoms with van der Waals surface area (Å²) in [5, 5.41) is 3.35. The molecule has 1 saturated carbocycles. The van der Waals surface area contributed by atoms with Crippen molar-refractivity contribution in [3.05, 3.63) is 30.1 Å². The van der Waals surface area contributed by atoms with Crippen molar-refractivity contribution in [2.75, 3.05) is 32.1 Å². The first-order valence-electron chi connectivity index (χ1n) is 7.66. The average molecular weight is 278 g/mol. The Hall–Kier alpha value is -1.09. The van der Waals surface area contributed by atoms with Crippen LogP contribution in [0, 0.1) is 17.2 Å². The number of hydrogen-bond acceptors (Lipinski definition) is 2. The van der Waals surface area contributed by atoms with Crippen molar-refractivity contribution >= 4 is 5.69 Å². The molecular weight excluding hydrogens is 251 g/mol. The summed E-state index contributed by atoms with van der Waals surface area (Å²) in [4.78, 5) is 2.09. The molecular formula is C17H27FN2. The van der Waals surface area contributed by atoms with E-state index in [1.165, 1.54) is 25.7 Å². The Morgan fingerprint density at radius 3 is 2.80 bits per heavy atom. The third-order valence-corrected chi connectivity index (χ3v) is 4.57. The molecule has 2 rings (SSSR count). The van der Waals surface area contributed by atoms with Gasteiger partial charge in [0.2, 0.25) is 0 Å². The smallest absolute Gasteiger partial charge is 0.146 e. The lowest BCUT2D eigenvalue weighted by Crippen LogP contribution is -2.45. The first-order chi connectivity index (χ1) is 9.56. The van der Waals surface area contributed by atoms with E-state index in [0.29, 0.717) is 5.69 Å². The SMILES string of the molecule is CNCC1(CN(C)c2ccccc2F)CCCC(C)C1. The van der Waals surface area contributed by atoms with Crippen LogP contribution < -0.4 is 10.2 Å². The third kappa shape index (κ3) is 3.51. The van der Waals surface area contributed by atoms with E-state index in [9.17, 15) is 4.39 Å². The quantitative estimate of drug-likeness (QED) is 0.884. The zero-order valence-corrected chi connectivity index (χ0v) is 13.0. The minimum Gasteiger partial charge on any atom is -0.372 e. The van der Waals surface area contributed by atoms with Crippen molar-refractivity contribution in [1.82, 2.24) is 5.32 Å². The molecule has 1 fully saturated rings. The molecule has 0 bridgehead atoms. The van der Waals surface area contributed by atoms with E-state index in [1.807, 2.05) is 26.2 Å². The van der Waals surface area contributed by atoms with Crippen LogP contribution in [0.1, 0.15) is 32.6 Å². The summed E-state index contributed by atoms with van der Waals surface area (Å²) in [6, 6.07) is 7.07. The zero-order chi connectivity index (χ0) is 14.6. The summed E-state index contributed by atoms with van der Waals surface area (Å²) < 4.78 is 13.9. The molecule has 0 aliphatic heterocycles. The monoisotopic (exact) mass is 278 g/mol. The topological polar surface area (TPSA) is 15.3 Å². The van der Waals surface area contributed by atoms with Gasteiger partial charge in [0.05, 0.1) is 5.69 Å². The van der Waals surface area contributed by atoms with E-state index < -0.39 is 0 Å². The maximum atomic E-state index is 13.9. The van der Waals surface area contributed by atoms with Crippen LogP contribution in [0.2, 0.25) is 0 Å². The highest BCUT2D eigenvalue weighted by Crippen LogP contribution is 2.40. The predicted molar refractivity (Wildman–Crippen MR) is 83.7 cm³/mol. The molecule has 0 aromatic heterocycles. The van der Waals surface area contributed by atoms with Crippen molar-refractivity contribution in [2.24, 2.45) is 11.3 Å². The lowest BCUT2D eigenvalue weighted by atomic mass is 9.69. The minimum atomic E-state index is -0.126. The normalized spacial score (nSPS) is 26.5. The van der Waals surface area contributed by atoms with Crippen LogP contribution in [0.5, 0.6) is 0 Å². The van der Waals surface area contributed by atoms with Gasteiger partial charge in [-0.25, -0.2) is 4.39 Å². The van der Waals surface area contributed by atoms with Crippen LogP contribution >= 0.6 is 0 Å². The molecule has 1 aromatic carbocycles. The van der Waals surface area contributed by atoms with E-state index in [-0.39, 0.29) is 11.2 Å². The van der Waals surface area contributed by atoms with Gasteiger partial charge in [0.15, 0.2) is 0 Å². The van der Waals surface area contributed by atoms with Crippen LogP contribution in [-0.4, -0.2) is 27.2 Å². The van der Waals surface area contributed by atoms with E-state index >= 15 is 0 Å². The highest BCUT2D eigenvalue weighted by molar-refractivity contribution is 5.47. The molecule has 2 atom stereocenters. The minimum absolute atomic E-state index is 0.126. The molecule has 20 heavy (non-hydrogen) atoms. The lowest BCUT2D eigenvalue weighted by molar-refractivity contribution is 0.151. The summed E-state index contributed by atoms with van der Waals surface area (Å²) >= 11 is 0. The van der Waals surface area contributed by atoms with E-state index in [0.717, 1.165) is 19.0 Å². The standard InChI is InChI=1S/C17H27FN2/c1-14-7-6-10-17(11-14,12-19-2)13-20(3)16-9-5-4-8-15(16)18/h4-5,8-9,14,19H,6-7,10-13H2,1-3H3. The van der Waals surface area contributed by atoms with Crippen LogP contribution in [-0.2, 0) is 0 Å². The lowest BCUT2D eigenvalue weighted by Gasteiger charge is -2.43. The van der Waals surface area contributed by atoms with Crippen LogP contribution in [0.15, 0.2) is 24.3 Å². The van der Waals surface area contributed by atoms with Crippen molar-refractivity contribution in [2.45, 2.75) is 32.6 Å². The van der Waals surface area contributed by atoms with Gasteiger partial charge < -0.3 is 10.2 Å². The molecule has 0 heterocycles. The maximum Gasteiger partial charge on any atom is 0.146 e. The van der Waals surface area contributed by atoms with E-state index in [1.54, 1.807) is 12.1 Å². The van der Waals surface area contributed by atoms with Gasteiger partial charge in [-0.1, -0.05) is 31.9 Å². The predicted octanol–water partition coefficient (Wildman–Crippen LogP) is 3.68. The van der Waals surface area contributed by atoms with Gasteiger partial charge in [-0.3, -0.25) is 0 Å². The average Bonchev–Trinajstić information content (AvgIpc) is 2.39. The number of halogens is 1. The first kappa shape index (κ1) is 15.3. The molecule has 1 aliphatic rings. The molecule has 2 nitrogen and oxygen atoms in total. The number of anilines is 1.